The van der Waals surface area contributed by atoms with Crippen LogP contribution >= 0.6 is 46.6 Å². The standard InChI is InChI=1S/C9H7Cl3F3N5S/c10-2-1-3(21-9(13,14)15)4(11)5(12)6(2)19-8(18)20-7(16)17/h1H,(H6,16,17,18,19,20). The quantitative estimate of drug-likeness (QED) is 0.316. The van der Waals surface area contributed by atoms with E-state index in [0.29, 0.717) is 0 Å². The molecule has 116 valence electrons. The monoisotopic (exact) mass is 379 g/mol. The van der Waals surface area contributed by atoms with Crippen molar-refractivity contribution in [1.29, 1.82) is 0 Å². The summed E-state index contributed by atoms with van der Waals surface area (Å²) >= 11 is 17.0. The summed E-state index contributed by atoms with van der Waals surface area (Å²) in [6, 6.07) is 0.968. The lowest BCUT2D eigenvalue weighted by atomic mass is 10.3. The Labute approximate surface area is 136 Å². The van der Waals surface area contributed by atoms with Crippen LogP contribution < -0.4 is 17.2 Å². The predicted octanol–water partition coefficient (Wildman–Crippen LogP) is 3.48. The van der Waals surface area contributed by atoms with Crippen molar-refractivity contribution in [3.63, 3.8) is 0 Å². The van der Waals surface area contributed by atoms with E-state index in [4.69, 9.17) is 52.0 Å². The SMILES string of the molecule is NC(N)=NC(N)=Nc1c(Cl)cc(SC(F)(F)F)c(Cl)c1Cl. The van der Waals surface area contributed by atoms with E-state index in [1.165, 1.54) is 0 Å². The molecule has 0 unspecified atom stereocenters. The summed E-state index contributed by atoms with van der Waals surface area (Å²) in [5.41, 5.74) is 10.9. The molecular weight excluding hydrogens is 374 g/mol. The number of rotatable bonds is 2. The fourth-order valence-corrected chi connectivity index (χ4v) is 2.68. The van der Waals surface area contributed by atoms with Gasteiger partial charge in [0, 0.05) is 4.90 Å². The van der Waals surface area contributed by atoms with Gasteiger partial charge in [0.1, 0.15) is 5.69 Å². The number of benzene rings is 1. The molecule has 0 spiro atoms. The molecule has 0 bridgehead atoms. The zero-order valence-corrected chi connectivity index (χ0v) is 13.0. The first-order valence-electron chi connectivity index (χ1n) is 4.88. The Morgan fingerprint density at radius 2 is 1.67 bits per heavy atom. The molecule has 0 atom stereocenters. The van der Waals surface area contributed by atoms with Gasteiger partial charge in [-0.25, -0.2) is 4.99 Å². The minimum Gasteiger partial charge on any atom is -0.370 e. The van der Waals surface area contributed by atoms with Gasteiger partial charge in [0.15, 0.2) is 5.96 Å². The summed E-state index contributed by atoms with van der Waals surface area (Å²) in [6.07, 6.45) is 0. The number of alkyl halides is 3. The zero-order chi connectivity index (χ0) is 16.4. The van der Waals surface area contributed by atoms with E-state index < -0.39 is 17.3 Å². The third-order valence-electron chi connectivity index (χ3n) is 1.80. The number of hydrogen-bond donors (Lipinski definition) is 3. The van der Waals surface area contributed by atoms with Crippen LogP contribution in [0.15, 0.2) is 20.9 Å². The lowest BCUT2D eigenvalue weighted by Crippen LogP contribution is -2.26. The average Bonchev–Trinajstić information content (AvgIpc) is 2.28. The first-order valence-corrected chi connectivity index (χ1v) is 6.83. The van der Waals surface area contributed by atoms with Crippen LogP contribution in [0, 0.1) is 0 Å². The van der Waals surface area contributed by atoms with Gasteiger partial charge in [-0.15, -0.1) is 0 Å². The number of nitrogens with two attached hydrogens (primary N) is 3. The van der Waals surface area contributed by atoms with Crippen molar-refractivity contribution in [3.05, 3.63) is 21.1 Å². The summed E-state index contributed by atoms with van der Waals surface area (Å²) in [6.45, 7) is 0. The van der Waals surface area contributed by atoms with Crippen molar-refractivity contribution in [2.24, 2.45) is 27.2 Å². The van der Waals surface area contributed by atoms with Crippen LogP contribution in [-0.2, 0) is 0 Å². The Balaban J connectivity index is 3.33. The van der Waals surface area contributed by atoms with Crippen LogP contribution in [0.4, 0.5) is 18.9 Å². The van der Waals surface area contributed by atoms with Crippen molar-refractivity contribution in [1.82, 2.24) is 0 Å². The third kappa shape index (κ3) is 5.34. The maximum atomic E-state index is 12.4. The Hall–Kier alpha value is -1.03. The Kier molecular flexibility index (Phi) is 5.85. The van der Waals surface area contributed by atoms with Gasteiger partial charge >= 0.3 is 5.51 Å². The second kappa shape index (κ2) is 6.82. The lowest BCUT2D eigenvalue weighted by Gasteiger charge is -2.11. The number of aliphatic imine (C=N–C) groups is 2. The molecule has 0 aromatic heterocycles. The van der Waals surface area contributed by atoms with Gasteiger partial charge in [-0.1, -0.05) is 34.8 Å². The van der Waals surface area contributed by atoms with Gasteiger partial charge in [0.05, 0.1) is 15.1 Å². The molecular formula is C9H7Cl3F3N5S. The van der Waals surface area contributed by atoms with Crippen molar-refractivity contribution in [3.8, 4) is 0 Å². The number of halogens is 6. The van der Waals surface area contributed by atoms with Gasteiger partial charge in [-0.05, 0) is 17.8 Å². The highest BCUT2D eigenvalue weighted by atomic mass is 35.5. The summed E-state index contributed by atoms with van der Waals surface area (Å²) < 4.78 is 37.1. The molecule has 21 heavy (non-hydrogen) atoms. The Bertz CT molecular complexity index is 614. The van der Waals surface area contributed by atoms with Crippen LogP contribution in [0.1, 0.15) is 0 Å². The molecule has 0 amide bonds. The molecule has 0 saturated carbocycles. The first-order chi connectivity index (χ1) is 9.51. The Morgan fingerprint density at radius 3 is 2.14 bits per heavy atom. The average molecular weight is 381 g/mol. The molecule has 0 fully saturated rings. The van der Waals surface area contributed by atoms with Gasteiger partial charge < -0.3 is 17.2 Å². The molecule has 1 rings (SSSR count). The number of guanidine groups is 2. The second-order valence-corrected chi connectivity index (χ2v) is 5.66. The molecule has 0 aliphatic heterocycles. The zero-order valence-electron chi connectivity index (χ0n) is 9.88. The molecule has 6 N–H and O–H groups in total. The number of nitrogens with zero attached hydrogens (tertiary/aromatic N) is 2. The summed E-state index contributed by atoms with van der Waals surface area (Å²) in [4.78, 5) is 6.76. The summed E-state index contributed by atoms with van der Waals surface area (Å²) in [5.74, 6) is -0.745. The molecule has 0 radical (unpaired) electrons. The highest BCUT2D eigenvalue weighted by molar-refractivity contribution is 8.00. The fourth-order valence-electron chi connectivity index (χ4n) is 1.14. The third-order valence-corrected chi connectivity index (χ3v) is 3.83. The van der Waals surface area contributed by atoms with Crippen molar-refractivity contribution >= 4 is 64.2 Å². The van der Waals surface area contributed by atoms with Crippen LogP contribution in [0.3, 0.4) is 0 Å². The smallest absolute Gasteiger partial charge is 0.370 e. The van der Waals surface area contributed by atoms with Gasteiger partial charge in [0.25, 0.3) is 0 Å². The van der Waals surface area contributed by atoms with Crippen molar-refractivity contribution < 1.29 is 13.2 Å². The molecule has 0 aliphatic rings. The first kappa shape index (κ1) is 18.0. The maximum Gasteiger partial charge on any atom is 0.446 e. The van der Waals surface area contributed by atoms with Crippen molar-refractivity contribution in [2.75, 3.05) is 0 Å². The van der Waals surface area contributed by atoms with E-state index >= 15 is 0 Å². The van der Waals surface area contributed by atoms with Crippen molar-refractivity contribution in [2.45, 2.75) is 10.4 Å². The van der Waals surface area contributed by atoms with Gasteiger partial charge in [-0.3, -0.25) is 0 Å². The Morgan fingerprint density at radius 1 is 1.10 bits per heavy atom. The van der Waals surface area contributed by atoms with Crippen LogP contribution in [0.25, 0.3) is 0 Å². The minimum absolute atomic E-state index is 0.141. The minimum atomic E-state index is -4.54. The van der Waals surface area contributed by atoms with E-state index in [2.05, 4.69) is 9.98 Å². The molecule has 12 heteroatoms. The van der Waals surface area contributed by atoms with E-state index in [-0.39, 0.29) is 37.6 Å². The summed E-state index contributed by atoms with van der Waals surface area (Å²) in [7, 11) is 0. The second-order valence-electron chi connectivity index (χ2n) is 3.39. The largest absolute Gasteiger partial charge is 0.446 e. The highest BCUT2D eigenvalue weighted by Gasteiger charge is 2.31. The van der Waals surface area contributed by atoms with Crippen LogP contribution in [0.5, 0.6) is 0 Å². The summed E-state index contributed by atoms with van der Waals surface area (Å²) in [5, 5.41) is -0.853. The number of hydrogen-bond acceptors (Lipinski definition) is 2. The van der Waals surface area contributed by atoms with Crippen LogP contribution in [0.2, 0.25) is 15.1 Å². The van der Waals surface area contributed by atoms with Crippen LogP contribution in [-0.4, -0.2) is 17.4 Å². The molecule has 0 heterocycles. The molecule has 0 saturated heterocycles. The molecule has 0 aliphatic carbocycles. The van der Waals surface area contributed by atoms with E-state index in [9.17, 15) is 13.2 Å². The lowest BCUT2D eigenvalue weighted by molar-refractivity contribution is -0.0328. The highest BCUT2D eigenvalue weighted by Crippen LogP contribution is 2.48. The maximum absolute atomic E-state index is 12.4. The number of thioether (sulfide) groups is 1. The van der Waals surface area contributed by atoms with E-state index in [1.807, 2.05) is 0 Å². The molecule has 1 aromatic carbocycles. The predicted molar refractivity (Wildman–Crippen MR) is 80.5 cm³/mol. The van der Waals surface area contributed by atoms with Gasteiger partial charge in [0.2, 0.25) is 5.96 Å². The molecule has 1 aromatic rings. The normalized spacial score (nSPS) is 12.4. The van der Waals surface area contributed by atoms with E-state index in [1.54, 1.807) is 0 Å². The molecule has 5 nitrogen and oxygen atoms in total. The topological polar surface area (TPSA) is 103 Å². The van der Waals surface area contributed by atoms with E-state index in [0.717, 1.165) is 6.07 Å². The van der Waals surface area contributed by atoms with Gasteiger partial charge in [-0.2, -0.15) is 18.2 Å². The fraction of sp³-hybridized carbons (Fsp3) is 0.111.